The maximum Gasteiger partial charge on any atom is 0.319 e. The molecule has 12 heteroatoms. The first kappa shape index (κ1) is 38.9. The van der Waals surface area contributed by atoms with Crippen molar-refractivity contribution in [3.8, 4) is 35.2 Å². The quantitative estimate of drug-likeness (QED) is 0.0848. The van der Waals surface area contributed by atoms with E-state index in [1.807, 2.05) is 4.90 Å². The monoisotopic (exact) mass is 737 g/mol. The lowest BCUT2D eigenvalue weighted by Crippen LogP contribution is -2.43. The number of aromatic nitrogens is 2. The average Bonchev–Trinajstić information content (AvgIpc) is 3.66. The fourth-order valence-electron chi connectivity index (χ4n) is 7.11. The number of hydrogen-bond acceptors (Lipinski definition) is 7. The van der Waals surface area contributed by atoms with Crippen molar-refractivity contribution in [1.82, 2.24) is 20.2 Å². The van der Waals surface area contributed by atoms with Crippen LogP contribution in [-0.2, 0) is 0 Å². The Morgan fingerprint density at radius 3 is 2.63 bits per heavy atom. The first-order valence-corrected chi connectivity index (χ1v) is 17.8. The summed E-state index contributed by atoms with van der Waals surface area (Å²) in [5.74, 6) is 1.14. The molecule has 0 amide bonds. The molecule has 0 bridgehead atoms. The number of nitrogen functional groups attached to an aromatic ring is 1. The van der Waals surface area contributed by atoms with Gasteiger partial charge in [0.2, 0.25) is 0 Å². The number of halogens is 5. The van der Waals surface area contributed by atoms with Crippen LogP contribution in [0.4, 0.5) is 23.4 Å². The number of allylic oxidation sites excluding steroid dienone is 1. The zero-order valence-electron chi connectivity index (χ0n) is 29.9. The standard InChI is InChI=1S/C32H25ClF4N4O2.C8H19N/c1-4-19-21(34)7-6-16-10-18(42)11-20(23(16)19)24-26(33)22(15(2)3)25-28(27(24)35)39-31(40-30(25)38)43-14-32-8-5-9-41(32)13-17(12-32)29(36)37;1-4-6-9-7-8(3)5-2/h1,6-7,10-11,42H,2,5,8-9,12-14H2,3H3,(H2,38,39,40);8-9H,4-7H2,1-3H3. The molecule has 7 nitrogen and oxygen atoms in total. The molecule has 6 rings (SSSR count). The zero-order chi connectivity index (χ0) is 37.9. The van der Waals surface area contributed by atoms with Crippen LogP contribution in [0.25, 0.3) is 38.4 Å². The van der Waals surface area contributed by atoms with Crippen molar-refractivity contribution < 1.29 is 27.4 Å². The van der Waals surface area contributed by atoms with Crippen LogP contribution in [0.15, 0.2) is 42.5 Å². The Morgan fingerprint density at radius 2 is 1.98 bits per heavy atom. The number of terminal acetylenes is 1. The predicted octanol–water partition coefficient (Wildman–Crippen LogP) is 9.48. The lowest BCUT2D eigenvalue weighted by atomic mass is 9.90. The summed E-state index contributed by atoms with van der Waals surface area (Å²) in [7, 11) is 0. The van der Waals surface area contributed by atoms with Crippen molar-refractivity contribution in [2.75, 3.05) is 38.5 Å². The van der Waals surface area contributed by atoms with Gasteiger partial charge in [-0.1, -0.05) is 57.4 Å². The van der Waals surface area contributed by atoms with E-state index in [1.165, 1.54) is 44.1 Å². The number of phenols is 1. The van der Waals surface area contributed by atoms with Gasteiger partial charge < -0.3 is 20.9 Å². The summed E-state index contributed by atoms with van der Waals surface area (Å²) < 4.78 is 64.3. The molecule has 2 atom stereocenters. The third-order valence-electron chi connectivity index (χ3n) is 9.94. The van der Waals surface area contributed by atoms with Gasteiger partial charge in [0.25, 0.3) is 6.08 Å². The molecule has 4 N–H and O–H groups in total. The van der Waals surface area contributed by atoms with Gasteiger partial charge in [-0.15, -0.1) is 6.42 Å². The zero-order valence-corrected chi connectivity index (χ0v) is 30.7. The number of nitrogens with one attached hydrogen (secondary N) is 1. The van der Waals surface area contributed by atoms with Crippen molar-refractivity contribution >= 4 is 44.7 Å². The van der Waals surface area contributed by atoms with Crippen LogP contribution in [-0.4, -0.2) is 58.3 Å². The molecule has 1 aromatic heterocycles. The normalized spacial score (nSPS) is 17.5. The van der Waals surface area contributed by atoms with Crippen LogP contribution in [0.1, 0.15) is 70.9 Å². The Balaban J connectivity index is 0.000000515. The van der Waals surface area contributed by atoms with E-state index in [0.29, 0.717) is 23.9 Å². The molecule has 3 aromatic carbocycles. The molecule has 0 radical (unpaired) electrons. The molecule has 0 aliphatic carbocycles. The van der Waals surface area contributed by atoms with Gasteiger partial charge in [0, 0.05) is 28.6 Å². The van der Waals surface area contributed by atoms with Gasteiger partial charge in [-0.05, 0) is 92.9 Å². The van der Waals surface area contributed by atoms with Gasteiger partial charge in [0.05, 0.1) is 21.5 Å². The van der Waals surface area contributed by atoms with Crippen molar-refractivity contribution in [2.45, 2.75) is 65.3 Å². The minimum absolute atomic E-state index is 0.00780. The average molecular weight is 738 g/mol. The number of aromatic hydroxyl groups is 1. The predicted molar refractivity (Wildman–Crippen MR) is 202 cm³/mol. The summed E-state index contributed by atoms with van der Waals surface area (Å²) in [5.41, 5.74) is 5.83. The van der Waals surface area contributed by atoms with Crippen molar-refractivity contribution in [3.05, 3.63) is 70.3 Å². The van der Waals surface area contributed by atoms with Gasteiger partial charge in [0.1, 0.15) is 29.5 Å². The van der Waals surface area contributed by atoms with E-state index in [9.17, 15) is 18.3 Å². The van der Waals surface area contributed by atoms with Crippen LogP contribution in [0.2, 0.25) is 5.02 Å². The van der Waals surface area contributed by atoms with Gasteiger partial charge in [-0.2, -0.15) is 18.7 Å². The summed E-state index contributed by atoms with van der Waals surface area (Å²) in [5, 5.41) is 14.4. The van der Waals surface area contributed by atoms with Crippen LogP contribution < -0.4 is 15.8 Å². The first-order valence-electron chi connectivity index (χ1n) is 17.4. The number of benzene rings is 3. The first-order chi connectivity index (χ1) is 24.8. The number of anilines is 1. The van der Waals surface area contributed by atoms with Gasteiger partial charge >= 0.3 is 6.01 Å². The lowest BCUT2D eigenvalue weighted by Gasteiger charge is -2.30. The number of fused-ring (bicyclic) bond motifs is 3. The molecule has 2 saturated heterocycles. The van der Waals surface area contributed by atoms with E-state index in [1.54, 1.807) is 6.92 Å². The third kappa shape index (κ3) is 7.56. The van der Waals surface area contributed by atoms with Crippen LogP contribution in [0.3, 0.4) is 0 Å². The minimum Gasteiger partial charge on any atom is -0.508 e. The second-order valence-corrected chi connectivity index (χ2v) is 14.1. The number of hydrogen-bond donors (Lipinski definition) is 3. The maximum absolute atomic E-state index is 16.7. The lowest BCUT2D eigenvalue weighted by molar-refractivity contribution is 0.108. The summed E-state index contributed by atoms with van der Waals surface area (Å²) >= 11 is 6.83. The SMILES string of the molecule is C#Cc1c(F)ccc2cc(O)cc(-c3c(Cl)c(C(=C)C)c4c(N)nc(OCC56CCCN5CC(=C(F)F)C6)nc4c3F)c12.CCCNCC(C)CC. The summed E-state index contributed by atoms with van der Waals surface area (Å²) in [4.78, 5) is 10.5. The second kappa shape index (κ2) is 16.1. The van der Waals surface area contributed by atoms with Gasteiger partial charge in [-0.25, -0.2) is 8.78 Å². The minimum atomic E-state index is -1.69. The van der Waals surface area contributed by atoms with Crippen molar-refractivity contribution in [2.24, 2.45) is 5.92 Å². The molecule has 2 aliphatic rings. The number of phenolic OH excluding ortho intramolecular Hbond substituents is 1. The van der Waals surface area contributed by atoms with Crippen LogP contribution >= 0.6 is 11.6 Å². The summed E-state index contributed by atoms with van der Waals surface area (Å²) in [6.07, 6.45) is 8.09. The number of rotatable bonds is 10. The Kier molecular flexibility index (Phi) is 12.0. The largest absolute Gasteiger partial charge is 0.508 e. The Bertz CT molecular complexity index is 2100. The fraction of sp³-hybridized carbons (Fsp3) is 0.400. The third-order valence-corrected chi connectivity index (χ3v) is 10.3. The molecule has 0 spiro atoms. The van der Waals surface area contributed by atoms with Crippen LogP contribution in [0, 0.1) is 29.9 Å². The van der Waals surface area contributed by atoms with E-state index in [4.69, 9.17) is 28.5 Å². The smallest absolute Gasteiger partial charge is 0.319 e. The van der Waals surface area contributed by atoms with Crippen LogP contribution in [0.5, 0.6) is 11.8 Å². The molecule has 0 saturated carbocycles. The topological polar surface area (TPSA) is 96.5 Å². The highest BCUT2D eigenvalue weighted by Crippen LogP contribution is 2.47. The molecular weight excluding hydrogens is 694 g/mol. The molecule has 2 fully saturated rings. The van der Waals surface area contributed by atoms with E-state index >= 15 is 4.39 Å². The highest BCUT2D eigenvalue weighted by molar-refractivity contribution is 6.37. The second-order valence-electron chi connectivity index (χ2n) is 13.7. The molecule has 4 aromatic rings. The molecule has 2 unspecified atom stereocenters. The molecule has 276 valence electrons. The number of nitrogens with two attached hydrogens (primary N) is 1. The highest BCUT2D eigenvalue weighted by Gasteiger charge is 2.48. The maximum atomic E-state index is 16.7. The Labute approximate surface area is 306 Å². The van der Waals surface area contributed by atoms with E-state index < -0.39 is 23.3 Å². The molecule has 2 aliphatic heterocycles. The Morgan fingerprint density at radius 1 is 1.23 bits per heavy atom. The Hall–Kier alpha value is -4.37. The summed E-state index contributed by atoms with van der Waals surface area (Å²) in [6, 6.07) is 4.94. The van der Waals surface area contributed by atoms with Gasteiger partial charge in [-0.3, -0.25) is 4.90 Å². The van der Waals surface area contributed by atoms with Gasteiger partial charge in [0.15, 0.2) is 5.82 Å². The van der Waals surface area contributed by atoms with E-state index in [2.05, 4.69) is 48.6 Å². The highest BCUT2D eigenvalue weighted by atomic mass is 35.5. The van der Waals surface area contributed by atoms with E-state index in [-0.39, 0.29) is 86.3 Å². The number of ether oxygens (including phenoxy) is 1. The molecular formula is C40H44ClF4N5O2. The van der Waals surface area contributed by atoms with Crippen molar-refractivity contribution in [1.29, 1.82) is 0 Å². The van der Waals surface area contributed by atoms with Crippen molar-refractivity contribution in [3.63, 3.8) is 0 Å². The molecule has 52 heavy (non-hydrogen) atoms. The fourth-order valence-corrected chi connectivity index (χ4v) is 7.55. The molecule has 3 heterocycles. The number of nitrogens with zero attached hydrogens (tertiary/aromatic N) is 3. The summed E-state index contributed by atoms with van der Waals surface area (Å²) in [6.45, 7) is 15.5. The van der Waals surface area contributed by atoms with E-state index in [0.717, 1.165) is 18.4 Å².